The van der Waals surface area contributed by atoms with Gasteiger partial charge in [-0.3, -0.25) is 4.79 Å². The summed E-state index contributed by atoms with van der Waals surface area (Å²) in [4.78, 5) is 16.5. The van der Waals surface area contributed by atoms with Gasteiger partial charge in [-0.1, -0.05) is 13.8 Å². The molecule has 5 heteroatoms. The van der Waals surface area contributed by atoms with Crippen LogP contribution in [0.3, 0.4) is 0 Å². The second kappa shape index (κ2) is 8.45. The van der Waals surface area contributed by atoms with E-state index in [-0.39, 0.29) is 11.8 Å². The minimum atomic E-state index is 0.179. The van der Waals surface area contributed by atoms with Crippen molar-refractivity contribution in [2.24, 2.45) is 5.92 Å². The molecule has 0 unspecified atom stereocenters. The van der Waals surface area contributed by atoms with Crippen molar-refractivity contribution in [3.8, 4) is 0 Å². The average molecular weight is 257 g/mol. The summed E-state index contributed by atoms with van der Waals surface area (Å²) in [5, 5.41) is 3.15. The third-order valence-corrected chi connectivity index (χ3v) is 3.59. The molecule has 1 rings (SSSR count). The smallest absolute Gasteiger partial charge is 0.228 e. The van der Waals surface area contributed by atoms with E-state index in [4.69, 9.17) is 4.74 Å². The van der Waals surface area contributed by atoms with E-state index in [1.807, 2.05) is 4.90 Å². The quantitative estimate of drug-likeness (QED) is 0.633. The zero-order chi connectivity index (χ0) is 13.4. The molecule has 0 spiro atoms. The van der Waals surface area contributed by atoms with E-state index in [2.05, 4.69) is 24.1 Å². The fourth-order valence-electron chi connectivity index (χ4n) is 2.06. The second-order valence-corrected chi connectivity index (χ2v) is 4.70. The maximum absolute atomic E-state index is 12.2. The Hall–Kier alpha value is -0.650. The topological polar surface area (TPSA) is 44.8 Å². The van der Waals surface area contributed by atoms with Gasteiger partial charge in [0.15, 0.2) is 0 Å². The Morgan fingerprint density at radius 3 is 2.33 bits per heavy atom. The first kappa shape index (κ1) is 15.4. The van der Waals surface area contributed by atoms with Crippen LogP contribution in [0.1, 0.15) is 13.8 Å². The zero-order valence-corrected chi connectivity index (χ0v) is 11.9. The van der Waals surface area contributed by atoms with Crippen molar-refractivity contribution in [2.45, 2.75) is 13.8 Å². The third-order valence-electron chi connectivity index (χ3n) is 3.59. The minimum absolute atomic E-state index is 0.179. The van der Waals surface area contributed by atoms with Crippen LogP contribution in [0.4, 0.5) is 0 Å². The van der Waals surface area contributed by atoms with E-state index < -0.39 is 0 Å². The van der Waals surface area contributed by atoms with Gasteiger partial charge in [-0.15, -0.1) is 0 Å². The lowest BCUT2D eigenvalue weighted by atomic mass is 10.0. The Labute approximate surface area is 110 Å². The van der Waals surface area contributed by atoms with Crippen LogP contribution in [-0.4, -0.2) is 75.2 Å². The van der Waals surface area contributed by atoms with Crippen LogP contribution in [0.25, 0.3) is 0 Å². The lowest BCUT2D eigenvalue weighted by Gasteiger charge is -2.33. The normalized spacial score (nSPS) is 15.8. The Balaban J connectivity index is 2.40. The van der Waals surface area contributed by atoms with Gasteiger partial charge in [0.2, 0.25) is 5.91 Å². The number of likely N-dealkylation sites (N-methyl/N-ethyl adjacent to an activating group) is 1. The molecule has 0 radical (unpaired) electrons. The largest absolute Gasteiger partial charge is 0.383 e. The molecule has 5 nitrogen and oxygen atoms in total. The highest BCUT2D eigenvalue weighted by atomic mass is 16.5. The number of nitrogens with zero attached hydrogens (tertiary/aromatic N) is 2. The van der Waals surface area contributed by atoms with Crippen LogP contribution >= 0.6 is 0 Å². The summed E-state index contributed by atoms with van der Waals surface area (Å²) in [5.41, 5.74) is 0. The van der Waals surface area contributed by atoms with E-state index in [1.54, 1.807) is 7.11 Å². The first-order valence-corrected chi connectivity index (χ1v) is 6.93. The predicted molar refractivity (Wildman–Crippen MR) is 72.6 cm³/mol. The molecule has 106 valence electrons. The van der Waals surface area contributed by atoms with Gasteiger partial charge in [-0.25, -0.2) is 0 Å². The number of methoxy groups -OCH3 is 1. The minimum Gasteiger partial charge on any atom is -0.383 e. The fraction of sp³-hybridized carbons (Fsp3) is 0.923. The molecule has 1 amide bonds. The highest BCUT2D eigenvalue weighted by Gasteiger charge is 2.28. The van der Waals surface area contributed by atoms with Crippen molar-refractivity contribution in [3.05, 3.63) is 0 Å². The molecule has 1 saturated heterocycles. The van der Waals surface area contributed by atoms with Crippen molar-refractivity contribution in [1.82, 2.24) is 15.1 Å². The maximum atomic E-state index is 12.2. The number of nitrogens with one attached hydrogen (secondary N) is 1. The average Bonchev–Trinajstić information content (AvgIpc) is 2.31. The first-order valence-electron chi connectivity index (χ1n) is 6.93. The molecule has 0 aromatic heterocycles. The van der Waals surface area contributed by atoms with E-state index in [0.717, 1.165) is 39.3 Å². The summed E-state index contributed by atoms with van der Waals surface area (Å²) in [6.45, 7) is 11.1. The van der Waals surface area contributed by atoms with Crippen LogP contribution in [0, 0.1) is 5.92 Å². The molecule has 1 fully saturated rings. The van der Waals surface area contributed by atoms with Gasteiger partial charge in [0.1, 0.15) is 0 Å². The summed E-state index contributed by atoms with van der Waals surface area (Å²) >= 11 is 0. The molecular weight excluding hydrogens is 230 g/mol. The summed E-state index contributed by atoms with van der Waals surface area (Å²) in [6.07, 6.45) is 0. The molecule has 0 saturated carbocycles. The summed E-state index contributed by atoms with van der Waals surface area (Å²) < 4.78 is 5.09. The van der Waals surface area contributed by atoms with Crippen LogP contribution < -0.4 is 5.32 Å². The molecule has 1 aliphatic rings. The van der Waals surface area contributed by atoms with Crippen molar-refractivity contribution in [2.75, 3.05) is 59.5 Å². The monoisotopic (exact) mass is 257 g/mol. The lowest BCUT2D eigenvalue weighted by molar-refractivity contribution is -0.138. The summed E-state index contributed by atoms with van der Waals surface area (Å²) in [5.74, 6) is 0.455. The second-order valence-electron chi connectivity index (χ2n) is 4.70. The van der Waals surface area contributed by atoms with E-state index in [0.29, 0.717) is 13.2 Å². The lowest BCUT2D eigenvalue weighted by Crippen LogP contribution is -2.53. The Kier molecular flexibility index (Phi) is 7.23. The third kappa shape index (κ3) is 4.55. The Morgan fingerprint density at radius 1 is 1.22 bits per heavy atom. The van der Waals surface area contributed by atoms with Gasteiger partial charge >= 0.3 is 0 Å². The van der Waals surface area contributed by atoms with Crippen LogP contribution in [0.5, 0.6) is 0 Å². The predicted octanol–water partition coefficient (Wildman–Crippen LogP) is 0.0226. The molecule has 0 aromatic rings. The number of ether oxygens (including phenoxy) is 1. The highest BCUT2D eigenvalue weighted by molar-refractivity contribution is 5.80. The van der Waals surface area contributed by atoms with Gasteiger partial charge in [0, 0.05) is 39.8 Å². The number of amides is 1. The van der Waals surface area contributed by atoms with Gasteiger partial charge in [-0.2, -0.15) is 0 Å². The first-order chi connectivity index (χ1) is 8.72. The molecule has 18 heavy (non-hydrogen) atoms. The Bertz CT molecular complexity index is 240. The van der Waals surface area contributed by atoms with Crippen molar-refractivity contribution in [1.29, 1.82) is 0 Å². The number of hydrogen-bond acceptors (Lipinski definition) is 4. The van der Waals surface area contributed by atoms with Crippen molar-refractivity contribution < 1.29 is 9.53 Å². The number of carbonyl (C=O) groups is 1. The molecule has 1 N–H and O–H groups in total. The maximum Gasteiger partial charge on any atom is 0.228 e. The van der Waals surface area contributed by atoms with E-state index >= 15 is 0 Å². The molecule has 0 aromatic carbocycles. The van der Waals surface area contributed by atoms with Gasteiger partial charge in [0.25, 0.3) is 0 Å². The van der Waals surface area contributed by atoms with Crippen molar-refractivity contribution >= 4 is 5.91 Å². The Morgan fingerprint density at radius 2 is 1.89 bits per heavy atom. The summed E-state index contributed by atoms with van der Waals surface area (Å²) in [6, 6.07) is 0. The molecule has 0 atom stereocenters. The van der Waals surface area contributed by atoms with E-state index in [9.17, 15) is 4.79 Å². The molecule has 1 heterocycles. The fourth-order valence-corrected chi connectivity index (χ4v) is 2.06. The van der Waals surface area contributed by atoms with Crippen LogP contribution in [0.15, 0.2) is 0 Å². The molecule has 1 aliphatic heterocycles. The SMILES string of the molecule is CCN(CC)CCN(CCOC)C(=O)C1CNC1. The molecule has 0 aliphatic carbocycles. The number of rotatable bonds is 9. The number of hydrogen-bond donors (Lipinski definition) is 1. The van der Waals surface area contributed by atoms with Gasteiger partial charge in [-0.05, 0) is 13.1 Å². The van der Waals surface area contributed by atoms with Crippen molar-refractivity contribution in [3.63, 3.8) is 0 Å². The van der Waals surface area contributed by atoms with Crippen LogP contribution in [0.2, 0.25) is 0 Å². The van der Waals surface area contributed by atoms with Crippen LogP contribution in [-0.2, 0) is 9.53 Å². The number of carbonyl (C=O) groups excluding carboxylic acids is 1. The summed E-state index contributed by atoms with van der Waals surface area (Å²) in [7, 11) is 1.68. The molecular formula is C13H27N3O2. The molecule has 0 bridgehead atoms. The highest BCUT2D eigenvalue weighted by Crippen LogP contribution is 2.08. The zero-order valence-electron chi connectivity index (χ0n) is 11.9. The van der Waals surface area contributed by atoms with Gasteiger partial charge in [0.05, 0.1) is 12.5 Å². The van der Waals surface area contributed by atoms with E-state index in [1.165, 1.54) is 0 Å². The standard InChI is InChI=1S/C13H27N3O2/c1-4-15(5-2)6-7-16(8-9-18-3)13(17)12-10-14-11-12/h12,14H,4-11H2,1-3H3. The van der Waals surface area contributed by atoms with Gasteiger partial charge < -0.3 is 19.9 Å².